The highest BCUT2D eigenvalue weighted by Crippen LogP contribution is 2.29. The van der Waals surface area contributed by atoms with E-state index < -0.39 is 17.6 Å². The van der Waals surface area contributed by atoms with E-state index in [0.29, 0.717) is 17.5 Å². The fourth-order valence-electron chi connectivity index (χ4n) is 2.10. The van der Waals surface area contributed by atoms with Crippen LogP contribution in [-0.4, -0.2) is 12.0 Å². The highest BCUT2D eigenvalue weighted by molar-refractivity contribution is 5.27. The predicted molar refractivity (Wildman–Crippen MR) is 71.1 cm³/mol. The summed E-state index contributed by atoms with van der Waals surface area (Å²) in [6, 6.07) is 6.11. The predicted octanol–water partition coefficient (Wildman–Crippen LogP) is 3.74. The van der Waals surface area contributed by atoms with Crippen LogP contribution >= 0.6 is 0 Å². The third kappa shape index (κ3) is 3.78. The standard InChI is InChI=1S/C15H14F4N2/c1-20-14(12-6-7-21-9-13(12)16)8-10-2-4-11(5-3-10)15(17,18)19/h2-7,9,14,20H,8H2,1H3. The van der Waals surface area contributed by atoms with E-state index in [1.807, 2.05) is 0 Å². The second-order valence-electron chi connectivity index (χ2n) is 4.64. The number of pyridine rings is 1. The van der Waals surface area contributed by atoms with Crippen molar-refractivity contribution < 1.29 is 17.6 Å². The Balaban J connectivity index is 2.18. The molecule has 1 aromatic carbocycles. The molecule has 0 saturated carbocycles. The molecule has 0 aliphatic heterocycles. The van der Waals surface area contributed by atoms with E-state index in [1.165, 1.54) is 18.3 Å². The summed E-state index contributed by atoms with van der Waals surface area (Å²) in [7, 11) is 1.68. The molecule has 0 aliphatic rings. The van der Waals surface area contributed by atoms with E-state index in [2.05, 4.69) is 10.3 Å². The maximum Gasteiger partial charge on any atom is 0.416 e. The summed E-state index contributed by atoms with van der Waals surface area (Å²) in [5.41, 5.74) is 0.438. The highest BCUT2D eigenvalue weighted by atomic mass is 19.4. The van der Waals surface area contributed by atoms with Gasteiger partial charge in [-0.2, -0.15) is 13.2 Å². The summed E-state index contributed by atoms with van der Waals surface area (Å²) in [6.07, 6.45) is -1.37. The Morgan fingerprint density at radius 2 is 1.81 bits per heavy atom. The first kappa shape index (κ1) is 15.4. The van der Waals surface area contributed by atoms with Crippen molar-refractivity contribution in [2.24, 2.45) is 0 Å². The van der Waals surface area contributed by atoms with Gasteiger partial charge < -0.3 is 5.32 Å². The van der Waals surface area contributed by atoms with Crippen LogP contribution in [-0.2, 0) is 12.6 Å². The fourth-order valence-corrected chi connectivity index (χ4v) is 2.10. The lowest BCUT2D eigenvalue weighted by atomic mass is 9.98. The van der Waals surface area contributed by atoms with Crippen LogP contribution in [0.3, 0.4) is 0 Å². The van der Waals surface area contributed by atoms with Gasteiger partial charge in [0.05, 0.1) is 11.8 Å². The monoisotopic (exact) mass is 298 g/mol. The van der Waals surface area contributed by atoms with Gasteiger partial charge in [-0.25, -0.2) is 4.39 Å². The average Bonchev–Trinajstić information content (AvgIpc) is 2.45. The Bertz CT molecular complexity index is 593. The molecule has 0 radical (unpaired) electrons. The van der Waals surface area contributed by atoms with Crippen LogP contribution in [0.5, 0.6) is 0 Å². The molecule has 2 nitrogen and oxygen atoms in total. The van der Waals surface area contributed by atoms with Crippen molar-refractivity contribution in [2.75, 3.05) is 7.05 Å². The molecule has 1 atom stereocenters. The lowest BCUT2D eigenvalue weighted by Crippen LogP contribution is -2.20. The molecule has 0 amide bonds. The number of hydrogen-bond donors (Lipinski definition) is 1. The van der Waals surface area contributed by atoms with Crippen LogP contribution in [0.25, 0.3) is 0 Å². The highest BCUT2D eigenvalue weighted by Gasteiger charge is 2.30. The van der Waals surface area contributed by atoms with Crippen molar-refractivity contribution >= 4 is 0 Å². The van der Waals surface area contributed by atoms with Crippen molar-refractivity contribution in [3.05, 3.63) is 65.2 Å². The number of rotatable bonds is 4. The number of nitrogens with zero attached hydrogens (tertiary/aromatic N) is 1. The lowest BCUT2D eigenvalue weighted by Gasteiger charge is -2.17. The van der Waals surface area contributed by atoms with Crippen molar-refractivity contribution in [2.45, 2.75) is 18.6 Å². The first-order valence-corrected chi connectivity index (χ1v) is 6.34. The van der Waals surface area contributed by atoms with E-state index in [9.17, 15) is 17.6 Å². The number of aromatic nitrogens is 1. The molecule has 0 aliphatic carbocycles. The van der Waals surface area contributed by atoms with E-state index in [1.54, 1.807) is 13.1 Å². The van der Waals surface area contributed by atoms with Crippen molar-refractivity contribution in [1.82, 2.24) is 10.3 Å². The zero-order valence-electron chi connectivity index (χ0n) is 11.3. The van der Waals surface area contributed by atoms with Crippen LogP contribution in [0.2, 0.25) is 0 Å². The van der Waals surface area contributed by atoms with E-state index in [-0.39, 0.29) is 6.04 Å². The third-order valence-corrected chi connectivity index (χ3v) is 3.25. The molecule has 1 heterocycles. The van der Waals surface area contributed by atoms with Crippen LogP contribution < -0.4 is 5.32 Å². The molecule has 0 bridgehead atoms. The summed E-state index contributed by atoms with van der Waals surface area (Å²) < 4.78 is 51.2. The van der Waals surface area contributed by atoms with Crippen LogP contribution in [0.15, 0.2) is 42.7 Å². The molecule has 6 heteroatoms. The third-order valence-electron chi connectivity index (χ3n) is 3.25. The second-order valence-corrected chi connectivity index (χ2v) is 4.64. The minimum atomic E-state index is -4.35. The fraction of sp³-hybridized carbons (Fsp3) is 0.267. The molecule has 0 fully saturated rings. The second kappa shape index (κ2) is 6.22. The topological polar surface area (TPSA) is 24.9 Å². The number of hydrogen-bond acceptors (Lipinski definition) is 2. The van der Waals surface area contributed by atoms with Crippen molar-refractivity contribution in [3.8, 4) is 0 Å². The molecule has 1 N–H and O–H groups in total. The largest absolute Gasteiger partial charge is 0.416 e. The average molecular weight is 298 g/mol. The molecular weight excluding hydrogens is 284 g/mol. The Hall–Kier alpha value is -1.95. The van der Waals surface area contributed by atoms with Crippen molar-refractivity contribution in [3.63, 3.8) is 0 Å². The lowest BCUT2D eigenvalue weighted by molar-refractivity contribution is -0.137. The zero-order valence-corrected chi connectivity index (χ0v) is 11.3. The van der Waals surface area contributed by atoms with Gasteiger partial charge in [-0.05, 0) is 37.2 Å². The Morgan fingerprint density at radius 1 is 1.14 bits per heavy atom. The summed E-state index contributed by atoms with van der Waals surface area (Å²) in [4.78, 5) is 3.68. The van der Waals surface area contributed by atoms with Crippen LogP contribution in [0.1, 0.15) is 22.7 Å². The number of benzene rings is 1. The minimum absolute atomic E-state index is 0.329. The number of alkyl halides is 3. The van der Waals surface area contributed by atoms with Gasteiger partial charge in [0.25, 0.3) is 0 Å². The van der Waals surface area contributed by atoms with Gasteiger partial charge in [0.1, 0.15) is 5.82 Å². The maximum atomic E-state index is 13.7. The van der Waals surface area contributed by atoms with Gasteiger partial charge >= 0.3 is 6.18 Å². The number of nitrogens with one attached hydrogen (secondary N) is 1. The van der Waals surface area contributed by atoms with Gasteiger partial charge in [-0.3, -0.25) is 4.98 Å². The first-order valence-electron chi connectivity index (χ1n) is 6.34. The molecule has 1 aromatic heterocycles. The molecule has 2 rings (SSSR count). The SMILES string of the molecule is CNC(Cc1ccc(C(F)(F)F)cc1)c1ccncc1F. The Morgan fingerprint density at radius 3 is 2.33 bits per heavy atom. The minimum Gasteiger partial charge on any atom is -0.313 e. The maximum absolute atomic E-state index is 13.7. The van der Waals surface area contributed by atoms with Crippen LogP contribution in [0.4, 0.5) is 17.6 Å². The quantitative estimate of drug-likeness (QED) is 0.870. The van der Waals surface area contributed by atoms with E-state index >= 15 is 0 Å². The Labute approximate surface area is 119 Å². The van der Waals surface area contributed by atoms with Crippen molar-refractivity contribution in [1.29, 1.82) is 0 Å². The van der Waals surface area contributed by atoms with Crippen LogP contribution in [0, 0.1) is 5.82 Å². The normalized spacial score (nSPS) is 13.2. The summed E-state index contributed by atoms with van der Waals surface area (Å²) in [5.74, 6) is -0.441. The summed E-state index contributed by atoms with van der Waals surface area (Å²) >= 11 is 0. The molecule has 21 heavy (non-hydrogen) atoms. The molecular formula is C15H14F4N2. The van der Waals surface area contributed by atoms with Gasteiger partial charge in [-0.15, -0.1) is 0 Å². The molecule has 1 unspecified atom stereocenters. The van der Waals surface area contributed by atoms with Gasteiger partial charge in [0, 0.05) is 17.8 Å². The smallest absolute Gasteiger partial charge is 0.313 e. The summed E-state index contributed by atoms with van der Waals surface area (Å²) in [5, 5.41) is 2.96. The first-order chi connectivity index (χ1) is 9.91. The summed E-state index contributed by atoms with van der Waals surface area (Å²) in [6.45, 7) is 0. The molecule has 2 aromatic rings. The molecule has 0 spiro atoms. The number of likely N-dealkylation sites (N-methyl/N-ethyl adjacent to an activating group) is 1. The molecule has 112 valence electrons. The van der Waals surface area contributed by atoms with E-state index in [4.69, 9.17) is 0 Å². The molecule has 0 saturated heterocycles. The van der Waals surface area contributed by atoms with Gasteiger partial charge in [-0.1, -0.05) is 12.1 Å². The van der Waals surface area contributed by atoms with Gasteiger partial charge in [0.2, 0.25) is 0 Å². The zero-order chi connectivity index (χ0) is 15.5. The number of halogens is 4. The van der Waals surface area contributed by atoms with Gasteiger partial charge in [0.15, 0.2) is 0 Å². The Kier molecular flexibility index (Phi) is 4.57. The van der Waals surface area contributed by atoms with E-state index in [0.717, 1.165) is 18.3 Å².